The summed E-state index contributed by atoms with van der Waals surface area (Å²) in [6, 6.07) is 0.890. The minimum atomic E-state index is -2.42. The van der Waals surface area contributed by atoms with Crippen LogP contribution in [0.3, 0.4) is 0 Å². The predicted molar refractivity (Wildman–Crippen MR) is 77.1 cm³/mol. The average Bonchev–Trinajstić information content (AvgIpc) is 2.37. The Bertz CT molecular complexity index is 171. The summed E-state index contributed by atoms with van der Waals surface area (Å²) < 4.78 is 15.9. The van der Waals surface area contributed by atoms with Crippen LogP contribution < -0.4 is 17.2 Å². The Morgan fingerprint density at radius 1 is 0.944 bits per heavy atom. The highest BCUT2D eigenvalue weighted by Gasteiger charge is 2.39. The Hall–Kier alpha value is -0.0231. The monoisotopic (exact) mass is 281 g/mol. The largest absolute Gasteiger partial charge is 0.500 e. The lowest BCUT2D eigenvalue weighted by Crippen LogP contribution is -2.46. The first-order valence-electron chi connectivity index (χ1n) is 6.24. The maximum atomic E-state index is 5.76. The van der Waals surface area contributed by atoms with Crippen LogP contribution >= 0.6 is 0 Å². The summed E-state index contributed by atoms with van der Waals surface area (Å²) in [6.07, 6.45) is 0.944. The number of hydrogen-bond donors (Lipinski definition) is 3. The molecule has 0 radical (unpaired) electrons. The lowest BCUT2D eigenvalue weighted by atomic mass is 10.1. The van der Waals surface area contributed by atoms with Crippen LogP contribution in [-0.4, -0.2) is 49.3 Å². The Labute approximate surface area is 113 Å². The van der Waals surface area contributed by atoms with Crippen LogP contribution in [0.5, 0.6) is 0 Å². The number of rotatable bonds is 8. The van der Waals surface area contributed by atoms with Crippen molar-refractivity contribution in [3.8, 4) is 0 Å². The van der Waals surface area contributed by atoms with Crippen LogP contribution in [-0.2, 0) is 13.3 Å². The van der Waals surface area contributed by atoms with Crippen molar-refractivity contribution in [1.29, 1.82) is 0 Å². The Morgan fingerprint density at radius 2 is 1.33 bits per heavy atom. The number of hydrogen-bond acceptors (Lipinski definition) is 6. The van der Waals surface area contributed by atoms with Crippen LogP contribution in [0.4, 0.5) is 0 Å². The molecule has 0 spiro atoms. The zero-order valence-electron chi connectivity index (χ0n) is 12.4. The van der Waals surface area contributed by atoms with Gasteiger partial charge in [0, 0.05) is 33.4 Å². The molecule has 0 saturated carbocycles. The van der Waals surface area contributed by atoms with Crippen molar-refractivity contribution in [2.75, 3.05) is 34.4 Å². The molecule has 0 saturated heterocycles. The molecule has 0 aromatic carbocycles. The van der Waals surface area contributed by atoms with Gasteiger partial charge in [0.05, 0.1) is 0 Å². The lowest BCUT2D eigenvalue weighted by Gasteiger charge is -2.28. The van der Waals surface area contributed by atoms with Gasteiger partial charge in [-0.1, -0.05) is 6.92 Å². The molecule has 0 amide bonds. The molecule has 0 rings (SSSR count). The highest BCUT2D eigenvalue weighted by atomic mass is 28.4. The van der Waals surface area contributed by atoms with Gasteiger partial charge in [0.1, 0.15) is 0 Å². The highest BCUT2D eigenvalue weighted by Crippen LogP contribution is 2.20. The molecule has 6 N–H and O–H groups in total. The van der Waals surface area contributed by atoms with Crippen LogP contribution in [0.15, 0.2) is 0 Å². The zero-order chi connectivity index (χ0) is 14.6. The van der Waals surface area contributed by atoms with Crippen molar-refractivity contribution in [2.45, 2.75) is 32.4 Å². The second kappa shape index (κ2) is 12.0. The summed E-state index contributed by atoms with van der Waals surface area (Å²) >= 11 is 0. The highest BCUT2D eigenvalue weighted by molar-refractivity contribution is 6.60. The molecule has 18 heavy (non-hydrogen) atoms. The summed E-state index contributed by atoms with van der Waals surface area (Å²) in [6.45, 7) is 5.49. The molecule has 6 nitrogen and oxygen atoms in total. The fraction of sp³-hybridized carbons (Fsp3) is 1.00. The summed E-state index contributed by atoms with van der Waals surface area (Å²) in [5.41, 5.74) is 15.9. The molecule has 0 heterocycles. The quantitative estimate of drug-likeness (QED) is 0.547. The minimum absolute atomic E-state index is 0.132. The van der Waals surface area contributed by atoms with Gasteiger partial charge in [-0.15, -0.1) is 0 Å². The zero-order valence-corrected chi connectivity index (χ0v) is 13.4. The van der Waals surface area contributed by atoms with Gasteiger partial charge < -0.3 is 30.5 Å². The van der Waals surface area contributed by atoms with E-state index >= 15 is 0 Å². The average molecular weight is 281 g/mol. The van der Waals surface area contributed by atoms with Gasteiger partial charge in [-0.2, -0.15) is 0 Å². The standard InChI is InChI=1S/C8H21NO3Si.C3H10N2/c1-7(8(2)9)6-13(10-3,11-4)12-5;4-2-1-3-5/h7-8H,6,9H2,1-5H3;1-5H2. The minimum Gasteiger partial charge on any atom is -0.377 e. The second-order valence-electron chi connectivity index (χ2n) is 4.27. The molecule has 0 aliphatic heterocycles. The molecule has 0 bridgehead atoms. The fourth-order valence-corrected chi connectivity index (χ4v) is 3.36. The van der Waals surface area contributed by atoms with Crippen LogP contribution in [0.25, 0.3) is 0 Å². The third-order valence-corrected chi connectivity index (χ3v) is 5.82. The third-order valence-electron chi connectivity index (χ3n) is 2.81. The lowest BCUT2D eigenvalue weighted by molar-refractivity contribution is 0.117. The first-order valence-corrected chi connectivity index (χ1v) is 8.17. The third kappa shape index (κ3) is 8.98. The van der Waals surface area contributed by atoms with Crippen molar-refractivity contribution in [1.82, 2.24) is 0 Å². The van der Waals surface area contributed by atoms with E-state index < -0.39 is 8.80 Å². The molecule has 0 aliphatic carbocycles. The van der Waals surface area contributed by atoms with Crippen molar-refractivity contribution >= 4 is 8.80 Å². The van der Waals surface area contributed by atoms with E-state index in [1.165, 1.54) is 0 Å². The van der Waals surface area contributed by atoms with Crippen LogP contribution in [0.2, 0.25) is 6.04 Å². The fourth-order valence-electron chi connectivity index (χ4n) is 1.20. The summed E-state index contributed by atoms with van der Waals surface area (Å²) in [7, 11) is 2.43. The molecule has 0 aromatic heterocycles. The van der Waals surface area contributed by atoms with Gasteiger partial charge in [0.2, 0.25) is 0 Å². The number of nitrogens with two attached hydrogens (primary N) is 3. The molecule has 0 aromatic rings. The molecule has 0 aliphatic rings. The van der Waals surface area contributed by atoms with E-state index in [1.54, 1.807) is 21.3 Å². The van der Waals surface area contributed by atoms with Crippen LogP contribution in [0.1, 0.15) is 20.3 Å². The van der Waals surface area contributed by atoms with E-state index in [9.17, 15) is 0 Å². The predicted octanol–water partition coefficient (Wildman–Crippen LogP) is 0.142. The van der Waals surface area contributed by atoms with Gasteiger partial charge in [-0.25, -0.2) is 0 Å². The van der Waals surface area contributed by atoms with Gasteiger partial charge >= 0.3 is 8.80 Å². The van der Waals surface area contributed by atoms with Crippen molar-refractivity contribution < 1.29 is 13.3 Å². The van der Waals surface area contributed by atoms with Crippen molar-refractivity contribution in [3.05, 3.63) is 0 Å². The molecule has 7 heteroatoms. The van der Waals surface area contributed by atoms with Gasteiger partial charge in [-0.05, 0) is 32.4 Å². The molecule has 0 fully saturated rings. The first-order chi connectivity index (χ1) is 8.42. The Balaban J connectivity index is 0. The second-order valence-corrected chi connectivity index (χ2v) is 7.27. The Kier molecular flexibility index (Phi) is 13.6. The van der Waals surface area contributed by atoms with Crippen molar-refractivity contribution in [3.63, 3.8) is 0 Å². The van der Waals surface area contributed by atoms with E-state index in [-0.39, 0.29) is 6.04 Å². The molecule has 2 atom stereocenters. The van der Waals surface area contributed by atoms with Gasteiger partial charge in [0.15, 0.2) is 0 Å². The SMILES string of the molecule is CO[Si](CC(C)C(C)N)(OC)OC.NCCCN. The summed E-state index contributed by atoms with van der Waals surface area (Å²) in [5, 5.41) is 0. The van der Waals surface area contributed by atoms with Gasteiger partial charge in [0.25, 0.3) is 0 Å². The normalized spacial score (nSPS) is 14.7. The summed E-state index contributed by atoms with van der Waals surface area (Å²) in [4.78, 5) is 0. The van der Waals surface area contributed by atoms with E-state index in [4.69, 9.17) is 30.5 Å². The van der Waals surface area contributed by atoms with Crippen LogP contribution in [0, 0.1) is 5.92 Å². The first kappa shape index (κ1) is 20.3. The molecular formula is C11H31N3O3Si. The summed E-state index contributed by atoms with van der Waals surface area (Å²) in [5.74, 6) is 0.339. The van der Waals surface area contributed by atoms with E-state index in [0.717, 1.165) is 25.6 Å². The topological polar surface area (TPSA) is 106 Å². The smallest absolute Gasteiger partial charge is 0.377 e. The molecular weight excluding hydrogens is 250 g/mol. The molecule has 112 valence electrons. The molecule has 2 unspecified atom stereocenters. The van der Waals surface area contributed by atoms with E-state index in [2.05, 4.69) is 6.92 Å². The Morgan fingerprint density at radius 3 is 1.50 bits per heavy atom. The maximum absolute atomic E-state index is 5.76. The van der Waals surface area contributed by atoms with Gasteiger partial charge in [-0.3, -0.25) is 0 Å². The maximum Gasteiger partial charge on any atom is 0.500 e. The van der Waals surface area contributed by atoms with E-state index in [0.29, 0.717) is 5.92 Å². The van der Waals surface area contributed by atoms with E-state index in [1.807, 2.05) is 6.92 Å². The van der Waals surface area contributed by atoms with Crippen molar-refractivity contribution in [2.24, 2.45) is 23.1 Å².